The first-order valence-electron chi connectivity index (χ1n) is 7.25. The number of carbonyl (C=O) groups is 1. The molecule has 0 bridgehead atoms. The summed E-state index contributed by atoms with van der Waals surface area (Å²) in [7, 11) is 0. The van der Waals surface area contributed by atoms with E-state index in [0.717, 1.165) is 12.8 Å². The van der Waals surface area contributed by atoms with Crippen LogP contribution in [0, 0.1) is 5.41 Å². The summed E-state index contributed by atoms with van der Waals surface area (Å²) >= 11 is 0. The molecule has 1 aliphatic carbocycles. The van der Waals surface area contributed by atoms with E-state index >= 15 is 0 Å². The highest BCUT2D eigenvalue weighted by Gasteiger charge is 2.44. The summed E-state index contributed by atoms with van der Waals surface area (Å²) in [6, 6.07) is 6.79. The van der Waals surface area contributed by atoms with Crippen LogP contribution in [0.2, 0.25) is 0 Å². The molecular weight excluding hydrogens is 268 g/mol. The van der Waals surface area contributed by atoms with Gasteiger partial charge in [0, 0.05) is 12.0 Å². The third-order valence-electron chi connectivity index (χ3n) is 3.67. The topological polar surface area (TPSA) is 75.8 Å². The van der Waals surface area contributed by atoms with Crippen LogP contribution in [0.3, 0.4) is 0 Å². The van der Waals surface area contributed by atoms with Gasteiger partial charge in [0.25, 0.3) is 0 Å². The number of phenols is 1. The van der Waals surface area contributed by atoms with E-state index in [0.29, 0.717) is 18.8 Å². The highest BCUT2D eigenvalue weighted by molar-refractivity contribution is 5.90. The number of nitrogens with zero attached hydrogens (tertiary/aromatic N) is 1. The largest absolute Gasteiger partial charge is 0.506 e. The molecule has 5 heteroatoms. The second kappa shape index (κ2) is 5.56. The predicted molar refractivity (Wildman–Crippen MR) is 82.4 cm³/mol. The van der Waals surface area contributed by atoms with Gasteiger partial charge in [0.05, 0.1) is 5.69 Å². The van der Waals surface area contributed by atoms with Crippen LogP contribution < -0.4 is 10.6 Å². The summed E-state index contributed by atoms with van der Waals surface area (Å²) in [4.78, 5) is 14.0. The number of nitrogens with two attached hydrogens (primary N) is 1. The van der Waals surface area contributed by atoms with Gasteiger partial charge < -0.3 is 15.6 Å². The molecule has 21 heavy (non-hydrogen) atoms. The fourth-order valence-corrected chi connectivity index (χ4v) is 2.20. The summed E-state index contributed by atoms with van der Waals surface area (Å²) < 4.78 is 5.46. The van der Waals surface area contributed by atoms with Gasteiger partial charge in [0.2, 0.25) is 0 Å². The predicted octanol–water partition coefficient (Wildman–Crippen LogP) is 2.87. The van der Waals surface area contributed by atoms with Crippen LogP contribution in [-0.4, -0.2) is 29.9 Å². The molecule has 0 radical (unpaired) electrons. The lowest BCUT2D eigenvalue weighted by Gasteiger charge is -2.30. The lowest BCUT2D eigenvalue weighted by atomic mass is 10.1. The molecule has 0 unspecified atom stereocenters. The van der Waals surface area contributed by atoms with Gasteiger partial charge >= 0.3 is 6.09 Å². The molecule has 0 saturated heterocycles. The number of hydrogen-bond donors (Lipinski definition) is 2. The molecule has 116 valence electrons. The van der Waals surface area contributed by atoms with Gasteiger partial charge in [0.1, 0.15) is 11.4 Å². The van der Waals surface area contributed by atoms with E-state index in [9.17, 15) is 9.90 Å². The van der Waals surface area contributed by atoms with E-state index < -0.39 is 11.7 Å². The van der Waals surface area contributed by atoms with Crippen LogP contribution in [0.25, 0.3) is 0 Å². The van der Waals surface area contributed by atoms with Gasteiger partial charge in [-0.05, 0) is 52.3 Å². The van der Waals surface area contributed by atoms with Crippen LogP contribution >= 0.6 is 0 Å². The number of aromatic hydroxyl groups is 1. The van der Waals surface area contributed by atoms with Crippen LogP contribution in [0.5, 0.6) is 5.75 Å². The Morgan fingerprint density at radius 2 is 2.00 bits per heavy atom. The number of amides is 1. The first kappa shape index (κ1) is 15.6. The minimum atomic E-state index is -0.584. The Hall–Kier alpha value is -1.75. The van der Waals surface area contributed by atoms with Crippen molar-refractivity contribution >= 4 is 11.8 Å². The molecule has 1 fully saturated rings. The Morgan fingerprint density at radius 3 is 2.48 bits per heavy atom. The summed E-state index contributed by atoms with van der Waals surface area (Å²) in [5, 5.41) is 10.0. The molecule has 0 spiro atoms. The third-order valence-corrected chi connectivity index (χ3v) is 3.67. The monoisotopic (exact) mass is 292 g/mol. The van der Waals surface area contributed by atoms with Crippen molar-refractivity contribution in [3.8, 4) is 5.75 Å². The Kier molecular flexibility index (Phi) is 4.14. The fraction of sp³-hybridized carbons (Fsp3) is 0.562. The zero-order valence-corrected chi connectivity index (χ0v) is 12.9. The van der Waals surface area contributed by atoms with Crippen LogP contribution in [0.1, 0.15) is 33.6 Å². The van der Waals surface area contributed by atoms with Crippen molar-refractivity contribution in [3.63, 3.8) is 0 Å². The van der Waals surface area contributed by atoms with Crippen molar-refractivity contribution in [1.29, 1.82) is 0 Å². The van der Waals surface area contributed by atoms with E-state index in [2.05, 4.69) is 0 Å². The number of hydrogen-bond acceptors (Lipinski definition) is 4. The highest BCUT2D eigenvalue weighted by Crippen LogP contribution is 2.46. The van der Waals surface area contributed by atoms with Crippen molar-refractivity contribution in [2.24, 2.45) is 11.1 Å². The average molecular weight is 292 g/mol. The Balaban J connectivity index is 2.26. The standard InChI is InChI=1S/C16H24N2O3/c1-15(2,3)21-14(20)18(11-16(10-17)8-9-16)12-6-4-5-7-13(12)19/h4-7,19H,8-11,17H2,1-3H3. The maximum Gasteiger partial charge on any atom is 0.414 e. The molecule has 0 heterocycles. The van der Waals surface area contributed by atoms with Gasteiger partial charge in [0.15, 0.2) is 0 Å². The van der Waals surface area contributed by atoms with Crippen molar-refractivity contribution in [3.05, 3.63) is 24.3 Å². The molecule has 1 amide bonds. The molecule has 0 atom stereocenters. The molecule has 5 nitrogen and oxygen atoms in total. The van der Waals surface area contributed by atoms with Gasteiger partial charge in [-0.2, -0.15) is 0 Å². The molecule has 0 aliphatic heterocycles. The number of ether oxygens (including phenoxy) is 1. The maximum absolute atomic E-state index is 12.5. The normalized spacial score (nSPS) is 16.4. The number of phenolic OH excluding ortho intramolecular Hbond substituents is 1. The summed E-state index contributed by atoms with van der Waals surface area (Å²) in [5.74, 6) is 0.0659. The van der Waals surface area contributed by atoms with Gasteiger partial charge in [-0.15, -0.1) is 0 Å². The van der Waals surface area contributed by atoms with Crippen molar-refractivity contribution in [2.75, 3.05) is 18.0 Å². The zero-order valence-electron chi connectivity index (χ0n) is 12.9. The van der Waals surface area contributed by atoms with E-state index in [1.165, 1.54) is 4.90 Å². The maximum atomic E-state index is 12.5. The van der Waals surface area contributed by atoms with Crippen LogP contribution in [-0.2, 0) is 4.74 Å². The quantitative estimate of drug-likeness (QED) is 0.894. The minimum Gasteiger partial charge on any atom is -0.506 e. The molecule has 1 aromatic rings. The zero-order chi connectivity index (χ0) is 15.7. The molecule has 1 aliphatic rings. The average Bonchev–Trinajstić information content (AvgIpc) is 3.15. The number of rotatable bonds is 4. The summed E-state index contributed by atoms with van der Waals surface area (Å²) in [6.07, 6.45) is 1.54. The van der Waals surface area contributed by atoms with E-state index in [1.54, 1.807) is 24.3 Å². The number of para-hydroxylation sites is 2. The Labute approximate surface area is 125 Å². The summed E-state index contributed by atoms with van der Waals surface area (Å²) in [6.45, 7) is 6.47. The number of anilines is 1. The lowest BCUT2D eigenvalue weighted by Crippen LogP contribution is -2.42. The van der Waals surface area contributed by atoms with E-state index in [1.807, 2.05) is 20.8 Å². The number of carbonyl (C=O) groups excluding carboxylic acids is 1. The number of benzene rings is 1. The summed E-state index contributed by atoms with van der Waals surface area (Å²) in [5.41, 5.74) is 5.66. The van der Waals surface area contributed by atoms with Crippen molar-refractivity contribution in [2.45, 2.75) is 39.2 Å². The molecule has 2 rings (SSSR count). The van der Waals surface area contributed by atoms with Gasteiger partial charge in [-0.1, -0.05) is 12.1 Å². The SMILES string of the molecule is CC(C)(C)OC(=O)N(CC1(CN)CC1)c1ccccc1O. The van der Waals surface area contributed by atoms with Gasteiger partial charge in [-0.25, -0.2) is 4.79 Å². The lowest BCUT2D eigenvalue weighted by molar-refractivity contribution is 0.0572. The first-order valence-corrected chi connectivity index (χ1v) is 7.25. The van der Waals surface area contributed by atoms with Crippen LogP contribution in [0.15, 0.2) is 24.3 Å². The fourth-order valence-electron chi connectivity index (χ4n) is 2.20. The third kappa shape index (κ3) is 3.88. The molecule has 1 aromatic carbocycles. The van der Waals surface area contributed by atoms with Crippen LogP contribution in [0.4, 0.5) is 10.5 Å². The highest BCUT2D eigenvalue weighted by atomic mass is 16.6. The molecular formula is C16H24N2O3. The molecule has 0 aromatic heterocycles. The Morgan fingerprint density at radius 1 is 1.38 bits per heavy atom. The minimum absolute atomic E-state index is 0.0425. The first-order chi connectivity index (χ1) is 9.76. The second-order valence-corrected chi connectivity index (χ2v) is 6.76. The van der Waals surface area contributed by atoms with E-state index in [-0.39, 0.29) is 11.2 Å². The van der Waals surface area contributed by atoms with Gasteiger partial charge in [-0.3, -0.25) is 4.90 Å². The molecule has 3 N–H and O–H groups in total. The smallest absolute Gasteiger partial charge is 0.414 e. The Bertz CT molecular complexity index is 518. The van der Waals surface area contributed by atoms with E-state index in [4.69, 9.17) is 10.5 Å². The molecule has 1 saturated carbocycles. The second-order valence-electron chi connectivity index (χ2n) is 6.76. The van der Waals surface area contributed by atoms with Crippen molar-refractivity contribution in [1.82, 2.24) is 0 Å². The van der Waals surface area contributed by atoms with Crippen molar-refractivity contribution < 1.29 is 14.6 Å².